The first-order valence-corrected chi connectivity index (χ1v) is 10.9. The Kier molecular flexibility index (Phi) is 6.31. The van der Waals surface area contributed by atoms with Gasteiger partial charge in [-0.15, -0.1) is 0 Å². The molecule has 0 amide bonds. The predicted molar refractivity (Wildman–Crippen MR) is 119 cm³/mol. The number of aromatic nitrogens is 1. The molecular weight excluding hydrogens is 358 g/mol. The Morgan fingerprint density at radius 1 is 1.07 bits per heavy atom. The van der Waals surface area contributed by atoms with Gasteiger partial charge in [0.25, 0.3) is 0 Å². The molecule has 1 aliphatic heterocycles. The van der Waals surface area contributed by atoms with E-state index in [0.717, 1.165) is 36.7 Å². The molecule has 1 saturated heterocycles. The summed E-state index contributed by atoms with van der Waals surface area (Å²) in [5, 5.41) is 5.66. The van der Waals surface area contributed by atoms with Crippen LogP contribution >= 0.6 is 0 Å². The number of rotatable bonds is 7. The molecule has 0 atom stereocenters. The zero-order chi connectivity index (χ0) is 20.2. The molecule has 0 aliphatic carbocycles. The van der Waals surface area contributed by atoms with Gasteiger partial charge in [-0.1, -0.05) is 41.6 Å². The molecule has 154 valence electrons. The first-order chi connectivity index (χ1) is 14.1. The highest BCUT2D eigenvalue weighted by Crippen LogP contribution is 2.29. The van der Waals surface area contributed by atoms with Gasteiger partial charge < -0.3 is 9.42 Å². The summed E-state index contributed by atoms with van der Waals surface area (Å²) in [6.07, 6.45) is 4.79. The summed E-state index contributed by atoms with van der Waals surface area (Å²) in [5.74, 6) is 0.792. The molecule has 0 unspecified atom stereocenters. The summed E-state index contributed by atoms with van der Waals surface area (Å²) < 4.78 is 5.80. The van der Waals surface area contributed by atoms with Crippen LogP contribution in [0.1, 0.15) is 41.6 Å². The van der Waals surface area contributed by atoms with Crippen molar-refractivity contribution in [2.45, 2.75) is 45.7 Å². The summed E-state index contributed by atoms with van der Waals surface area (Å²) in [5.41, 5.74) is 6.07. The second-order valence-corrected chi connectivity index (χ2v) is 8.85. The average molecular weight is 392 g/mol. The van der Waals surface area contributed by atoms with Crippen molar-refractivity contribution in [3.8, 4) is 0 Å². The molecule has 29 heavy (non-hydrogen) atoms. The molecule has 0 saturated carbocycles. The molecule has 3 aromatic rings. The second-order valence-electron chi connectivity index (χ2n) is 8.85. The van der Waals surface area contributed by atoms with Crippen LogP contribution in [0.3, 0.4) is 0 Å². The highest BCUT2D eigenvalue weighted by atomic mass is 16.5. The number of benzene rings is 2. The number of piperidine rings is 1. The van der Waals surface area contributed by atoms with Crippen LogP contribution in [0.4, 0.5) is 0 Å². The van der Waals surface area contributed by atoms with Gasteiger partial charge in [0.2, 0.25) is 0 Å². The molecular formula is C25H33N3O. The number of nitrogens with zero attached hydrogens (tertiary/aromatic N) is 3. The van der Waals surface area contributed by atoms with Gasteiger partial charge >= 0.3 is 0 Å². The summed E-state index contributed by atoms with van der Waals surface area (Å²) in [7, 11) is 4.19. The van der Waals surface area contributed by atoms with E-state index in [0.29, 0.717) is 0 Å². The summed E-state index contributed by atoms with van der Waals surface area (Å²) in [6.45, 7) is 6.52. The molecule has 0 N–H and O–H groups in total. The van der Waals surface area contributed by atoms with Crippen molar-refractivity contribution in [3.05, 3.63) is 64.8 Å². The maximum Gasteiger partial charge on any atom is 0.171 e. The van der Waals surface area contributed by atoms with Gasteiger partial charge in [-0.2, -0.15) is 0 Å². The minimum atomic E-state index is 0.792. The van der Waals surface area contributed by atoms with E-state index in [-0.39, 0.29) is 0 Å². The molecule has 4 nitrogen and oxygen atoms in total. The third-order valence-electron chi connectivity index (χ3n) is 6.27. The lowest BCUT2D eigenvalue weighted by molar-refractivity contribution is 0.172. The van der Waals surface area contributed by atoms with E-state index in [1.165, 1.54) is 54.4 Å². The monoisotopic (exact) mass is 391 g/mol. The van der Waals surface area contributed by atoms with Gasteiger partial charge in [0.05, 0.1) is 5.69 Å². The van der Waals surface area contributed by atoms with Crippen LogP contribution in [-0.4, -0.2) is 42.1 Å². The van der Waals surface area contributed by atoms with Crippen LogP contribution in [0, 0.1) is 12.8 Å². The van der Waals surface area contributed by atoms with Crippen LogP contribution in [0.5, 0.6) is 0 Å². The third-order valence-corrected chi connectivity index (χ3v) is 6.27. The number of hydrogen-bond donors (Lipinski definition) is 0. The van der Waals surface area contributed by atoms with Crippen LogP contribution in [0.2, 0.25) is 0 Å². The predicted octanol–water partition coefficient (Wildman–Crippen LogP) is 5.04. The van der Waals surface area contributed by atoms with Crippen molar-refractivity contribution in [2.75, 3.05) is 27.2 Å². The van der Waals surface area contributed by atoms with E-state index >= 15 is 0 Å². The molecule has 1 aliphatic rings. The Bertz CT molecular complexity index is 924. The van der Waals surface area contributed by atoms with Crippen LogP contribution < -0.4 is 0 Å². The van der Waals surface area contributed by atoms with Gasteiger partial charge in [-0.3, -0.25) is 4.90 Å². The van der Waals surface area contributed by atoms with Crippen molar-refractivity contribution >= 4 is 11.0 Å². The quantitative estimate of drug-likeness (QED) is 0.565. The second kappa shape index (κ2) is 9.10. The maximum atomic E-state index is 5.80. The summed E-state index contributed by atoms with van der Waals surface area (Å²) >= 11 is 0. The molecule has 2 heterocycles. The smallest absolute Gasteiger partial charge is 0.171 e. The van der Waals surface area contributed by atoms with E-state index in [9.17, 15) is 0 Å². The highest BCUT2D eigenvalue weighted by molar-refractivity contribution is 5.83. The van der Waals surface area contributed by atoms with E-state index in [2.05, 4.69) is 78.4 Å². The van der Waals surface area contributed by atoms with Crippen molar-refractivity contribution in [3.63, 3.8) is 0 Å². The molecule has 1 aromatic heterocycles. The molecule has 4 rings (SSSR count). The average Bonchev–Trinajstić information content (AvgIpc) is 3.13. The van der Waals surface area contributed by atoms with Gasteiger partial charge in [0, 0.05) is 24.0 Å². The van der Waals surface area contributed by atoms with Gasteiger partial charge in [0.1, 0.15) is 0 Å². The van der Waals surface area contributed by atoms with Crippen molar-refractivity contribution in [1.82, 2.24) is 15.0 Å². The fraction of sp³-hybridized carbons (Fsp3) is 0.480. The van der Waals surface area contributed by atoms with Crippen LogP contribution in [0.25, 0.3) is 11.0 Å². The first-order valence-electron chi connectivity index (χ1n) is 10.9. The van der Waals surface area contributed by atoms with E-state index < -0.39 is 0 Å². The number of hydrogen-bond acceptors (Lipinski definition) is 4. The van der Waals surface area contributed by atoms with Crippen LogP contribution in [0.15, 0.2) is 47.0 Å². The highest BCUT2D eigenvalue weighted by Gasteiger charge is 2.21. The Hall–Kier alpha value is -2.17. The Morgan fingerprint density at radius 2 is 1.83 bits per heavy atom. The number of fused-ring (bicyclic) bond motifs is 1. The molecule has 1 fully saturated rings. The summed E-state index contributed by atoms with van der Waals surface area (Å²) in [4.78, 5) is 4.78. The normalized spacial score (nSPS) is 16.1. The standard InChI is InChI=1S/C25H33N3O/c1-19-9-11-22-24(26-29-25(22)23(19)18-27(2)3)12-10-20-13-15-28(16-14-20)17-21-7-5-4-6-8-21/h4-9,11,20H,10,12-18H2,1-3H3. The molecule has 4 heteroatoms. The maximum absolute atomic E-state index is 5.80. The molecule has 0 spiro atoms. The number of aryl methyl sites for hydroxylation is 2. The Labute approximate surface area is 174 Å². The zero-order valence-corrected chi connectivity index (χ0v) is 18.0. The topological polar surface area (TPSA) is 32.5 Å². The van der Waals surface area contributed by atoms with Gasteiger partial charge in [0.15, 0.2) is 5.58 Å². The van der Waals surface area contributed by atoms with E-state index in [4.69, 9.17) is 4.52 Å². The Morgan fingerprint density at radius 3 is 2.55 bits per heavy atom. The Balaban J connectivity index is 1.34. The van der Waals surface area contributed by atoms with E-state index in [1.807, 2.05) is 0 Å². The fourth-order valence-corrected chi connectivity index (χ4v) is 4.52. The molecule has 0 bridgehead atoms. The SMILES string of the molecule is Cc1ccc2c(CCC3CCN(Cc4ccccc4)CC3)noc2c1CN(C)C. The first kappa shape index (κ1) is 20.1. The molecule has 0 radical (unpaired) electrons. The minimum Gasteiger partial charge on any atom is -0.356 e. The largest absolute Gasteiger partial charge is 0.356 e. The lowest BCUT2D eigenvalue weighted by Crippen LogP contribution is -2.33. The minimum absolute atomic E-state index is 0.792. The third kappa shape index (κ3) is 4.88. The summed E-state index contributed by atoms with van der Waals surface area (Å²) in [6, 6.07) is 15.2. The van der Waals surface area contributed by atoms with Crippen molar-refractivity contribution in [2.24, 2.45) is 5.92 Å². The van der Waals surface area contributed by atoms with Crippen LogP contribution in [-0.2, 0) is 19.5 Å². The van der Waals surface area contributed by atoms with E-state index in [1.54, 1.807) is 0 Å². The zero-order valence-electron chi connectivity index (χ0n) is 18.0. The van der Waals surface area contributed by atoms with Gasteiger partial charge in [-0.25, -0.2) is 0 Å². The van der Waals surface area contributed by atoms with Gasteiger partial charge in [-0.05, 0) is 82.9 Å². The number of likely N-dealkylation sites (tertiary alicyclic amines) is 1. The van der Waals surface area contributed by atoms with Crippen molar-refractivity contribution < 1.29 is 4.52 Å². The lowest BCUT2D eigenvalue weighted by atomic mass is 9.90. The lowest BCUT2D eigenvalue weighted by Gasteiger charge is -2.31. The van der Waals surface area contributed by atoms with Crippen molar-refractivity contribution in [1.29, 1.82) is 0 Å². The molecule has 2 aromatic carbocycles. The fourth-order valence-electron chi connectivity index (χ4n) is 4.52.